The number of aliphatic hydroxyl groups excluding tert-OH is 1. The molecule has 1 aromatic heterocycles. The first kappa shape index (κ1) is 12.4. The van der Waals surface area contributed by atoms with Gasteiger partial charge in [-0.1, -0.05) is 25.8 Å². The van der Waals surface area contributed by atoms with Gasteiger partial charge in [0.25, 0.3) is 0 Å². The van der Waals surface area contributed by atoms with Crippen LogP contribution in [0.15, 0.2) is 18.3 Å². The number of pyridine rings is 1. The second kappa shape index (κ2) is 6.01. The van der Waals surface area contributed by atoms with E-state index in [0.717, 1.165) is 30.9 Å². The maximum atomic E-state index is 9.72. The van der Waals surface area contributed by atoms with Crippen LogP contribution < -0.4 is 4.90 Å². The standard InChI is InChI=1S/C14H22N2O/c1-2-13(17)12-7-8-14(15-11-12)16-9-5-3-4-6-10-16/h7-8,11,13,17H,2-6,9-10H2,1H3/t13-/m0/s1. The highest BCUT2D eigenvalue weighted by atomic mass is 16.3. The van der Waals surface area contributed by atoms with Crippen LogP contribution in [-0.4, -0.2) is 23.2 Å². The fourth-order valence-electron chi connectivity index (χ4n) is 2.32. The Bertz CT molecular complexity index is 329. The van der Waals surface area contributed by atoms with Crippen molar-refractivity contribution < 1.29 is 5.11 Å². The number of anilines is 1. The van der Waals surface area contributed by atoms with E-state index in [4.69, 9.17) is 0 Å². The summed E-state index contributed by atoms with van der Waals surface area (Å²) >= 11 is 0. The Morgan fingerprint density at radius 1 is 1.24 bits per heavy atom. The molecular formula is C14H22N2O. The number of aromatic nitrogens is 1. The van der Waals surface area contributed by atoms with E-state index in [1.54, 1.807) is 0 Å². The highest BCUT2D eigenvalue weighted by molar-refractivity contribution is 5.39. The number of rotatable bonds is 3. The molecule has 2 heterocycles. The molecule has 0 aromatic carbocycles. The van der Waals surface area contributed by atoms with E-state index < -0.39 is 0 Å². The normalized spacial score (nSPS) is 18.8. The summed E-state index contributed by atoms with van der Waals surface area (Å²) in [6.07, 6.45) is 7.38. The Morgan fingerprint density at radius 2 is 1.94 bits per heavy atom. The van der Waals surface area contributed by atoms with Gasteiger partial charge in [0.2, 0.25) is 0 Å². The van der Waals surface area contributed by atoms with E-state index in [1.165, 1.54) is 25.7 Å². The van der Waals surface area contributed by atoms with Crippen molar-refractivity contribution in [3.8, 4) is 0 Å². The summed E-state index contributed by atoms with van der Waals surface area (Å²) in [5.74, 6) is 1.05. The molecule has 1 atom stereocenters. The zero-order valence-corrected chi connectivity index (χ0v) is 10.6. The minimum atomic E-state index is -0.374. The molecule has 1 saturated heterocycles. The third-order valence-electron chi connectivity index (χ3n) is 3.47. The van der Waals surface area contributed by atoms with E-state index >= 15 is 0 Å². The average Bonchev–Trinajstić information content (AvgIpc) is 2.67. The Kier molecular flexibility index (Phi) is 4.37. The molecule has 1 aromatic rings. The molecule has 0 unspecified atom stereocenters. The fourth-order valence-corrected chi connectivity index (χ4v) is 2.32. The first-order valence-corrected chi connectivity index (χ1v) is 6.70. The maximum absolute atomic E-state index is 9.72. The summed E-state index contributed by atoms with van der Waals surface area (Å²) in [7, 11) is 0. The quantitative estimate of drug-likeness (QED) is 0.873. The summed E-state index contributed by atoms with van der Waals surface area (Å²) in [6.45, 7) is 4.21. The van der Waals surface area contributed by atoms with Crippen LogP contribution in [0.2, 0.25) is 0 Å². The predicted molar refractivity (Wildman–Crippen MR) is 70.2 cm³/mol. The van der Waals surface area contributed by atoms with Crippen LogP contribution in [0.4, 0.5) is 5.82 Å². The number of hydrogen-bond donors (Lipinski definition) is 1. The Hall–Kier alpha value is -1.09. The third kappa shape index (κ3) is 3.19. The SMILES string of the molecule is CC[C@H](O)c1ccc(N2CCCCCC2)nc1. The van der Waals surface area contributed by atoms with Gasteiger partial charge in [-0.3, -0.25) is 0 Å². The summed E-state index contributed by atoms with van der Waals surface area (Å²) < 4.78 is 0. The summed E-state index contributed by atoms with van der Waals surface area (Å²) in [5.41, 5.74) is 0.922. The second-order valence-corrected chi connectivity index (χ2v) is 4.78. The van der Waals surface area contributed by atoms with E-state index in [0.29, 0.717) is 0 Å². The first-order chi connectivity index (χ1) is 8.31. The minimum absolute atomic E-state index is 0.374. The summed E-state index contributed by atoms with van der Waals surface area (Å²) in [6, 6.07) is 4.04. The van der Waals surface area contributed by atoms with Crippen molar-refractivity contribution in [2.75, 3.05) is 18.0 Å². The number of hydrogen-bond acceptors (Lipinski definition) is 3. The van der Waals surface area contributed by atoms with Crippen LogP contribution in [0, 0.1) is 0 Å². The van der Waals surface area contributed by atoms with Gasteiger partial charge < -0.3 is 10.0 Å². The maximum Gasteiger partial charge on any atom is 0.128 e. The van der Waals surface area contributed by atoms with Crippen LogP contribution in [0.1, 0.15) is 50.7 Å². The van der Waals surface area contributed by atoms with E-state index in [1.807, 2.05) is 25.3 Å². The molecule has 17 heavy (non-hydrogen) atoms. The Balaban J connectivity index is 2.05. The lowest BCUT2D eigenvalue weighted by molar-refractivity contribution is 0.173. The van der Waals surface area contributed by atoms with Crippen molar-refractivity contribution in [3.05, 3.63) is 23.9 Å². The molecule has 0 bridgehead atoms. The third-order valence-corrected chi connectivity index (χ3v) is 3.47. The van der Waals surface area contributed by atoms with E-state index in [2.05, 4.69) is 9.88 Å². The van der Waals surface area contributed by atoms with Gasteiger partial charge in [0.15, 0.2) is 0 Å². The van der Waals surface area contributed by atoms with Crippen LogP contribution in [-0.2, 0) is 0 Å². The molecular weight excluding hydrogens is 212 g/mol. The number of aliphatic hydroxyl groups is 1. The zero-order chi connectivity index (χ0) is 12.1. The molecule has 0 radical (unpaired) electrons. The molecule has 1 aliphatic heterocycles. The largest absolute Gasteiger partial charge is 0.388 e. The van der Waals surface area contributed by atoms with Gasteiger partial charge in [0.1, 0.15) is 5.82 Å². The lowest BCUT2D eigenvalue weighted by Gasteiger charge is -2.21. The van der Waals surface area contributed by atoms with Gasteiger partial charge in [-0.2, -0.15) is 0 Å². The van der Waals surface area contributed by atoms with Crippen molar-refractivity contribution >= 4 is 5.82 Å². The fraction of sp³-hybridized carbons (Fsp3) is 0.643. The molecule has 1 N–H and O–H groups in total. The molecule has 1 aliphatic rings. The molecule has 3 heteroatoms. The minimum Gasteiger partial charge on any atom is -0.388 e. The van der Waals surface area contributed by atoms with Crippen molar-refractivity contribution in [3.63, 3.8) is 0 Å². The number of nitrogens with zero attached hydrogens (tertiary/aromatic N) is 2. The molecule has 0 amide bonds. The van der Waals surface area contributed by atoms with Gasteiger partial charge in [0.05, 0.1) is 6.10 Å². The lowest BCUT2D eigenvalue weighted by atomic mass is 10.1. The van der Waals surface area contributed by atoms with Crippen LogP contribution in [0.3, 0.4) is 0 Å². The highest BCUT2D eigenvalue weighted by Crippen LogP contribution is 2.20. The van der Waals surface area contributed by atoms with Gasteiger partial charge in [-0.25, -0.2) is 4.98 Å². The van der Waals surface area contributed by atoms with Crippen LogP contribution in [0.25, 0.3) is 0 Å². The van der Waals surface area contributed by atoms with E-state index in [9.17, 15) is 5.11 Å². The van der Waals surface area contributed by atoms with Gasteiger partial charge in [-0.05, 0) is 30.9 Å². The molecule has 1 fully saturated rings. The predicted octanol–water partition coefficient (Wildman–Crippen LogP) is 2.91. The van der Waals surface area contributed by atoms with Crippen molar-refractivity contribution in [2.24, 2.45) is 0 Å². The molecule has 3 nitrogen and oxygen atoms in total. The van der Waals surface area contributed by atoms with Crippen molar-refractivity contribution in [1.29, 1.82) is 0 Å². The Labute approximate surface area is 103 Å². The lowest BCUT2D eigenvalue weighted by Crippen LogP contribution is -2.24. The average molecular weight is 234 g/mol. The topological polar surface area (TPSA) is 36.4 Å². The second-order valence-electron chi connectivity index (χ2n) is 4.78. The summed E-state index contributed by atoms with van der Waals surface area (Å²) in [4.78, 5) is 6.84. The van der Waals surface area contributed by atoms with Crippen molar-refractivity contribution in [2.45, 2.75) is 45.1 Å². The zero-order valence-electron chi connectivity index (χ0n) is 10.6. The highest BCUT2D eigenvalue weighted by Gasteiger charge is 2.11. The smallest absolute Gasteiger partial charge is 0.128 e. The Morgan fingerprint density at radius 3 is 2.47 bits per heavy atom. The monoisotopic (exact) mass is 234 g/mol. The first-order valence-electron chi connectivity index (χ1n) is 6.70. The molecule has 2 rings (SSSR count). The van der Waals surface area contributed by atoms with Gasteiger partial charge in [0, 0.05) is 19.3 Å². The van der Waals surface area contributed by atoms with Gasteiger partial charge >= 0.3 is 0 Å². The van der Waals surface area contributed by atoms with Crippen LogP contribution >= 0.6 is 0 Å². The molecule has 94 valence electrons. The molecule has 0 aliphatic carbocycles. The summed E-state index contributed by atoms with van der Waals surface area (Å²) in [5, 5.41) is 9.72. The molecule has 0 spiro atoms. The van der Waals surface area contributed by atoms with E-state index in [-0.39, 0.29) is 6.10 Å². The van der Waals surface area contributed by atoms with Crippen LogP contribution in [0.5, 0.6) is 0 Å². The van der Waals surface area contributed by atoms with Crippen molar-refractivity contribution in [1.82, 2.24) is 4.98 Å². The molecule has 0 saturated carbocycles. The van der Waals surface area contributed by atoms with Gasteiger partial charge in [-0.15, -0.1) is 0 Å².